The van der Waals surface area contributed by atoms with Gasteiger partial charge in [0.1, 0.15) is 11.6 Å². The standard InChI is InChI=1S/C20H22N2O/c1-5-23-17-8-6-16(7-9-17)21-19-12-14(3)18-11-13(2)10-15(4)20(18)22-19/h6-12H,5H2,1-4H3,(H,21,22). The first-order valence-corrected chi connectivity index (χ1v) is 7.95. The van der Waals surface area contributed by atoms with Crippen LogP contribution >= 0.6 is 0 Å². The molecule has 118 valence electrons. The summed E-state index contributed by atoms with van der Waals surface area (Å²) in [5, 5.41) is 4.60. The Morgan fingerprint density at radius 1 is 0.957 bits per heavy atom. The summed E-state index contributed by atoms with van der Waals surface area (Å²) in [7, 11) is 0. The summed E-state index contributed by atoms with van der Waals surface area (Å²) < 4.78 is 5.47. The number of fused-ring (bicyclic) bond motifs is 1. The van der Waals surface area contributed by atoms with Gasteiger partial charge in [-0.1, -0.05) is 11.6 Å². The van der Waals surface area contributed by atoms with Gasteiger partial charge < -0.3 is 10.1 Å². The molecule has 23 heavy (non-hydrogen) atoms. The SMILES string of the molecule is CCOc1ccc(Nc2cc(C)c3cc(C)cc(C)c3n2)cc1. The molecule has 1 heterocycles. The molecule has 0 aliphatic rings. The topological polar surface area (TPSA) is 34.1 Å². The highest BCUT2D eigenvalue weighted by atomic mass is 16.5. The Balaban J connectivity index is 1.94. The van der Waals surface area contributed by atoms with Crippen molar-refractivity contribution in [3.63, 3.8) is 0 Å². The molecule has 0 saturated carbocycles. The third-order valence-electron chi connectivity index (χ3n) is 3.89. The number of pyridine rings is 1. The lowest BCUT2D eigenvalue weighted by Gasteiger charge is -2.12. The maximum atomic E-state index is 5.47. The first kappa shape index (κ1) is 15.3. The Kier molecular flexibility index (Phi) is 4.20. The third-order valence-corrected chi connectivity index (χ3v) is 3.89. The fourth-order valence-corrected chi connectivity index (χ4v) is 2.86. The van der Waals surface area contributed by atoms with Gasteiger partial charge in [0.15, 0.2) is 0 Å². The van der Waals surface area contributed by atoms with Crippen LogP contribution in [-0.2, 0) is 0 Å². The van der Waals surface area contributed by atoms with Crippen LogP contribution < -0.4 is 10.1 Å². The van der Waals surface area contributed by atoms with Gasteiger partial charge in [-0.2, -0.15) is 0 Å². The van der Waals surface area contributed by atoms with Gasteiger partial charge in [-0.05, 0) is 75.2 Å². The van der Waals surface area contributed by atoms with Crippen LogP contribution in [0.5, 0.6) is 5.75 Å². The van der Waals surface area contributed by atoms with Crippen LogP contribution in [0.4, 0.5) is 11.5 Å². The number of nitrogens with zero attached hydrogens (tertiary/aromatic N) is 1. The van der Waals surface area contributed by atoms with Gasteiger partial charge in [0.25, 0.3) is 0 Å². The number of aromatic nitrogens is 1. The van der Waals surface area contributed by atoms with E-state index in [-0.39, 0.29) is 0 Å². The van der Waals surface area contributed by atoms with E-state index in [4.69, 9.17) is 9.72 Å². The molecule has 0 unspecified atom stereocenters. The van der Waals surface area contributed by atoms with E-state index in [1.807, 2.05) is 31.2 Å². The van der Waals surface area contributed by atoms with Crippen molar-refractivity contribution in [1.29, 1.82) is 0 Å². The van der Waals surface area contributed by atoms with Crippen molar-refractivity contribution in [3.8, 4) is 5.75 Å². The number of anilines is 2. The largest absolute Gasteiger partial charge is 0.494 e. The van der Waals surface area contributed by atoms with E-state index in [2.05, 4.69) is 44.3 Å². The summed E-state index contributed by atoms with van der Waals surface area (Å²) in [4.78, 5) is 4.79. The molecule has 0 fully saturated rings. The summed E-state index contributed by atoms with van der Waals surface area (Å²) >= 11 is 0. The highest BCUT2D eigenvalue weighted by molar-refractivity contribution is 5.87. The Hall–Kier alpha value is -2.55. The summed E-state index contributed by atoms with van der Waals surface area (Å²) in [6, 6.07) is 14.4. The van der Waals surface area contributed by atoms with Gasteiger partial charge >= 0.3 is 0 Å². The summed E-state index contributed by atoms with van der Waals surface area (Å²) in [5.74, 6) is 1.75. The fraction of sp³-hybridized carbons (Fsp3) is 0.250. The van der Waals surface area contributed by atoms with Crippen molar-refractivity contribution in [2.45, 2.75) is 27.7 Å². The zero-order valence-electron chi connectivity index (χ0n) is 14.1. The summed E-state index contributed by atoms with van der Waals surface area (Å²) in [6.45, 7) is 9.03. The Bertz CT molecular complexity index is 838. The van der Waals surface area contributed by atoms with Gasteiger partial charge in [-0.25, -0.2) is 4.98 Å². The maximum absolute atomic E-state index is 5.47. The molecule has 2 aromatic carbocycles. The normalized spacial score (nSPS) is 10.8. The van der Waals surface area contributed by atoms with Gasteiger partial charge in [0.05, 0.1) is 12.1 Å². The van der Waals surface area contributed by atoms with E-state index in [0.29, 0.717) is 6.61 Å². The lowest BCUT2D eigenvalue weighted by molar-refractivity contribution is 0.340. The van der Waals surface area contributed by atoms with Crippen LogP contribution in [0.25, 0.3) is 10.9 Å². The number of hydrogen-bond donors (Lipinski definition) is 1. The lowest BCUT2D eigenvalue weighted by Crippen LogP contribution is -1.97. The van der Waals surface area contributed by atoms with Crippen molar-refractivity contribution in [3.05, 3.63) is 59.2 Å². The number of nitrogens with one attached hydrogen (secondary N) is 1. The second-order valence-electron chi connectivity index (χ2n) is 5.88. The first-order chi connectivity index (χ1) is 11.1. The number of ether oxygens (including phenoxy) is 1. The predicted octanol–water partition coefficient (Wildman–Crippen LogP) is 5.30. The molecule has 0 atom stereocenters. The molecule has 1 N–H and O–H groups in total. The maximum Gasteiger partial charge on any atom is 0.131 e. The van der Waals surface area contributed by atoms with E-state index >= 15 is 0 Å². The smallest absolute Gasteiger partial charge is 0.131 e. The minimum absolute atomic E-state index is 0.677. The van der Waals surface area contributed by atoms with Crippen molar-refractivity contribution >= 4 is 22.4 Å². The van der Waals surface area contributed by atoms with Gasteiger partial charge in [-0.15, -0.1) is 0 Å². The predicted molar refractivity (Wildman–Crippen MR) is 96.8 cm³/mol. The Morgan fingerprint density at radius 3 is 2.39 bits per heavy atom. The summed E-state index contributed by atoms with van der Waals surface area (Å²) in [5.41, 5.74) is 5.77. The average Bonchev–Trinajstić information content (AvgIpc) is 2.51. The van der Waals surface area contributed by atoms with Crippen LogP contribution in [0, 0.1) is 20.8 Å². The highest BCUT2D eigenvalue weighted by Crippen LogP contribution is 2.26. The minimum Gasteiger partial charge on any atom is -0.494 e. The molecule has 0 aliphatic heterocycles. The molecule has 3 nitrogen and oxygen atoms in total. The van der Waals surface area contributed by atoms with E-state index in [1.165, 1.54) is 22.1 Å². The average molecular weight is 306 g/mol. The number of rotatable bonds is 4. The molecular formula is C20H22N2O. The van der Waals surface area contributed by atoms with Gasteiger partial charge in [-0.3, -0.25) is 0 Å². The van der Waals surface area contributed by atoms with Crippen molar-refractivity contribution in [2.24, 2.45) is 0 Å². The second-order valence-corrected chi connectivity index (χ2v) is 5.88. The molecule has 3 rings (SSSR count). The number of benzene rings is 2. The van der Waals surface area contributed by atoms with E-state index in [0.717, 1.165) is 22.8 Å². The quantitative estimate of drug-likeness (QED) is 0.710. The number of hydrogen-bond acceptors (Lipinski definition) is 3. The zero-order chi connectivity index (χ0) is 16.4. The zero-order valence-corrected chi connectivity index (χ0v) is 14.1. The van der Waals surface area contributed by atoms with E-state index in [9.17, 15) is 0 Å². The van der Waals surface area contributed by atoms with Gasteiger partial charge in [0, 0.05) is 11.1 Å². The highest BCUT2D eigenvalue weighted by Gasteiger charge is 2.07. The molecule has 3 aromatic rings. The lowest BCUT2D eigenvalue weighted by atomic mass is 10.0. The molecule has 3 heteroatoms. The third kappa shape index (κ3) is 3.29. The molecule has 0 spiro atoms. The molecular weight excluding hydrogens is 284 g/mol. The monoisotopic (exact) mass is 306 g/mol. The molecule has 0 aliphatic carbocycles. The minimum atomic E-state index is 0.677. The van der Waals surface area contributed by atoms with Crippen LogP contribution in [0.15, 0.2) is 42.5 Å². The van der Waals surface area contributed by atoms with Crippen molar-refractivity contribution in [2.75, 3.05) is 11.9 Å². The van der Waals surface area contributed by atoms with Crippen LogP contribution in [0.2, 0.25) is 0 Å². The van der Waals surface area contributed by atoms with E-state index in [1.54, 1.807) is 0 Å². The molecule has 1 aromatic heterocycles. The van der Waals surface area contributed by atoms with E-state index < -0.39 is 0 Å². The van der Waals surface area contributed by atoms with Crippen molar-refractivity contribution < 1.29 is 4.74 Å². The second kappa shape index (κ2) is 6.29. The fourth-order valence-electron chi connectivity index (χ4n) is 2.86. The van der Waals surface area contributed by atoms with Crippen LogP contribution in [0.1, 0.15) is 23.6 Å². The van der Waals surface area contributed by atoms with Gasteiger partial charge in [0.2, 0.25) is 0 Å². The molecule has 0 radical (unpaired) electrons. The van der Waals surface area contributed by atoms with Crippen molar-refractivity contribution in [1.82, 2.24) is 4.98 Å². The number of aryl methyl sites for hydroxylation is 3. The molecule has 0 bridgehead atoms. The summed E-state index contributed by atoms with van der Waals surface area (Å²) in [6.07, 6.45) is 0. The van der Waals surface area contributed by atoms with Crippen LogP contribution in [0.3, 0.4) is 0 Å². The Morgan fingerprint density at radius 2 is 1.70 bits per heavy atom. The molecule has 0 amide bonds. The van der Waals surface area contributed by atoms with Crippen LogP contribution in [-0.4, -0.2) is 11.6 Å². The first-order valence-electron chi connectivity index (χ1n) is 7.95. The Labute approximate surface area is 137 Å². The molecule has 0 saturated heterocycles.